The molecule has 0 fully saturated rings. The second-order valence-electron chi connectivity index (χ2n) is 12.1. The van der Waals surface area contributed by atoms with Gasteiger partial charge in [0.05, 0.1) is 19.3 Å². The Balaban J connectivity index is 1.12. The molecule has 0 spiro atoms. The highest BCUT2D eigenvalue weighted by Crippen LogP contribution is 2.38. The van der Waals surface area contributed by atoms with E-state index in [0.717, 1.165) is 38.7 Å². The summed E-state index contributed by atoms with van der Waals surface area (Å²) >= 11 is 6.21. The number of nitrogens with one attached hydrogen (secondary N) is 2. The number of methoxy groups -OCH3 is 1. The number of hydrogen-bond donors (Lipinski definition) is 4. The van der Waals surface area contributed by atoms with E-state index in [1.807, 2.05) is 78.2 Å². The van der Waals surface area contributed by atoms with E-state index < -0.39 is 7.12 Å². The maximum absolute atomic E-state index is 13.2. The van der Waals surface area contributed by atoms with Crippen molar-refractivity contribution in [1.82, 2.24) is 25.4 Å². The molecular formula is C37H37BClN5O5. The molecule has 4 aromatic carbocycles. The number of halogens is 1. The Kier molecular flexibility index (Phi) is 10.4. The Bertz CT molecular complexity index is 2030. The summed E-state index contributed by atoms with van der Waals surface area (Å²) in [5.41, 5.74) is 5.26. The van der Waals surface area contributed by atoms with Gasteiger partial charge in [-0.1, -0.05) is 66.2 Å². The number of rotatable bonds is 10. The van der Waals surface area contributed by atoms with Gasteiger partial charge in [0.25, 0.3) is 0 Å². The van der Waals surface area contributed by atoms with Crippen molar-refractivity contribution in [3.8, 4) is 11.4 Å². The Morgan fingerprint density at radius 3 is 2.53 bits per heavy atom. The van der Waals surface area contributed by atoms with E-state index in [-0.39, 0.29) is 30.7 Å². The molecule has 12 heteroatoms. The largest absolute Gasteiger partial charge is 0.497 e. The summed E-state index contributed by atoms with van der Waals surface area (Å²) in [6.45, 7) is 2.14. The van der Waals surface area contributed by atoms with Gasteiger partial charge >= 0.3 is 7.12 Å². The molecule has 2 heterocycles. The first-order chi connectivity index (χ1) is 23.7. The van der Waals surface area contributed by atoms with Crippen LogP contribution in [0.3, 0.4) is 0 Å². The van der Waals surface area contributed by atoms with Crippen molar-refractivity contribution >= 4 is 52.3 Å². The third-order valence-corrected chi connectivity index (χ3v) is 9.06. The number of fused-ring (bicyclic) bond motifs is 4. The monoisotopic (exact) mass is 677 g/mol. The molecule has 1 aromatic heterocycles. The predicted molar refractivity (Wildman–Crippen MR) is 191 cm³/mol. The normalized spacial score (nSPS) is 14.1. The van der Waals surface area contributed by atoms with E-state index in [9.17, 15) is 19.6 Å². The van der Waals surface area contributed by atoms with Crippen LogP contribution in [-0.4, -0.2) is 63.9 Å². The molecule has 1 atom stereocenters. The van der Waals surface area contributed by atoms with Gasteiger partial charge in [0.1, 0.15) is 17.4 Å². The van der Waals surface area contributed by atoms with E-state index in [2.05, 4.69) is 26.9 Å². The van der Waals surface area contributed by atoms with E-state index >= 15 is 0 Å². The molecule has 0 radical (unpaired) electrons. The quantitative estimate of drug-likeness (QED) is 0.162. The van der Waals surface area contributed by atoms with Crippen LogP contribution in [0.2, 0.25) is 5.02 Å². The molecule has 0 bridgehead atoms. The molecular weight excluding hydrogens is 641 g/mol. The SMILES string of the molecule is COc1ccc2c(c1)C(c1ccc(Cl)cc1)=CCCC(CC(=O)NCC(=O)NCCc1ccc3ccc(B(O)O)cc3c1)c1nnc(C)n1-2. The van der Waals surface area contributed by atoms with Crippen molar-refractivity contribution in [2.75, 3.05) is 20.2 Å². The minimum Gasteiger partial charge on any atom is -0.497 e. The number of aromatic nitrogens is 3. The lowest BCUT2D eigenvalue weighted by Gasteiger charge is -2.19. The zero-order chi connectivity index (χ0) is 34.5. The molecule has 0 saturated carbocycles. The minimum atomic E-state index is -1.53. The van der Waals surface area contributed by atoms with Gasteiger partial charge in [0, 0.05) is 29.5 Å². The number of amides is 2. The van der Waals surface area contributed by atoms with Gasteiger partial charge in [0.2, 0.25) is 11.8 Å². The molecule has 1 aliphatic rings. The molecule has 2 amide bonds. The zero-order valence-corrected chi connectivity index (χ0v) is 28.1. The predicted octanol–water partition coefficient (Wildman–Crippen LogP) is 4.25. The number of allylic oxidation sites excluding steroid dienone is 1. The summed E-state index contributed by atoms with van der Waals surface area (Å²) in [6.07, 6.45) is 4.22. The molecule has 4 N–H and O–H groups in total. The highest BCUT2D eigenvalue weighted by molar-refractivity contribution is 6.58. The maximum Gasteiger partial charge on any atom is 0.488 e. The molecule has 10 nitrogen and oxygen atoms in total. The summed E-state index contributed by atoms with van der Waals surface area (Å²) in [6, 6.07) is 24.8. The van der Waals surface area contributed by atoms with Crippen molar-refractivity contribution in [3.63, 3.8) is 0 Å². The van der Waals surface area contributed by atoms with E-state index in [0.29, 0.717) is 53.7 Å². The minimum absolute atomic E-state index is 0.142. The lowest BCUT2D eigenvalue weighted by Crippen LogP contribution is -2.38. The van der Waals surface area contributed by atoms with Gasteiger partial charge in [-0.05, 0) is 89.5 Å². The third-order valence-electron chi connectivity index (χ3n) is 8.81. The summed E-state index contributed by atoms with van der Waals surface area (Å²) < 4.78 is 7.60. The van der Waals surface area contributed by atoms with Crippen LogP contribution in [-0.2, 0) is 16.0 Å². The molecule has 0 saturated heterocycles. The van der Waals surface area contributed by atoms with Gasteiger partial charge in [-0.25, -0.2) is 0 Å². The van der Waals surface area contributed by atoms with Crippen molar-refractivity contribution in [1.29, 1.82) is 0 Å². The van der Waals surface area contributed by atoms with E-state index in [1.165, 1.54) is 0 Å². The van der Waals surface area contributed by atoms with Crippen LogP contribution < -0.4 is 20.8 Å². The average Bonchev–Trinajstić information content (AvgIpc) is 3.51. The van der Waals surface area contributed by atoms with Crippen LogP contribution in [0, 0.1) is 6.92 Å². The van der Waals surface area contributed by atoms with Crippen LogP contribution in [0.1, 0.15) is 53.5 Å². The zero-order valence-electron chi connectivity index (χ0n) is 27.3. The summed E-state index contributed by atoms with van der Waals surface area (Å²) in [5.74, 6) is 1.31. The van der Waals surface area contributed by atoms with Crippen LogP contribution in [0.5, 0.6) is 5.75 Å². The van der Waals surface area contributed by atoms with E-state index in [1.54, 1.807) is 19.2 Å². The molecule has 49 heavy (non-hydrogen) atoms. The van der Waals surface area contributed by atoms with Gasteiger partial charge in [0.15, 0.2) is 0 Å². The first-order valence-corrected chi connectivity index (χ1v) is 16.6. The van der Waals surface area contributed by atoms with Crippen LogP contribution in [0.25, 0.3) is 22.0 Å². The molecule has 6 rings (SSSR count). The summed E-state index contributed by atoms with van der Waals surface area (Å²) in [5, 5.41) is 36.1. The highest BCUT2D eigenvalue weighted by atomic mass is 35.5. The Morgan fingerprint density at radius 1 is 0.959 bits per heavy atom. The standard InChI is InChI=1S/C37H37BClN5O5/c1-23-42-43-37-27(4-3-5-32(26-9-12-30(39)13-10-26)33-21-31(49-2)14-15-34(33)44(23)37)20-35(45)41-22-36(46)40-17-16-24-6-7-25-8-11-29(38(47)48)19-28(25)18-24/h5-15,18-19,21,27,47-48H,3-4,16-17,20,22H2,1-2H3,(H,40,46)(H,41,45). The third kappa shape index (κ3) is 7.86. The Labute approximate surface area is 289 Å². The average molecular weight is 678 g/mol. The smallest absolute Gasteiger partial charge is 0.488 e. The Morgan fingerprint density at radius 2 is 1.76 bits per heavy atom. The van der Waals surface area contributed by atoms with Crippen molar-refractivity contribution in [2.24, 2.45) is 0 Å². The van der Waals surface area contributed by atoms with Crippen LogP contribution in [0.15, 0.2) is 84.9 Å². The van der Waals surface area contributed by atoms with Crippen molar-refractivity contribution in [2.45, 2.75) is 38.5 Å². The fraction of sp³-hybridized carbons (Fsp3) is 0.243. The number of carbonyl (C=O) groups excluding carboxylic acids is 2. The number of aryl methyl sites for hydroxylation is 1. The lowest BCUT2D eigenvalue weighted by molar-refractivity contribution is -0.126. The van der Waals surface area contributed by atoms with Gasteiger partial charge in [-0.15, -0.1) is 10.2 Å². The second-order valence-corrected chi connectivity index (χ2v) is 12.6. The highest BCUT2D eigenvalue weighted by Gasteiger charge is 2.27. The van der Waals surface area contributed by atoms with Crippen LogP contribution >= 0.6 is 11.6 Å². The number of carbonyl (C=O) groups is 2. The number of nitrogens with zero attached hydrogens (tertiary/aromatic N) is 3. The first kappa shape index (κ1) is 33.9. The summed E-state index contributed by atoms with van der Waals surface area (Å²) in [4.78, 5) is 25.9. The number of benzene rings is 4. The van der Waals surface area contributed by atoms with Crippen molar-refractivity contribution in [3.05, 3.63) is 118 Å². The van der Waals surface area contributed by atoms with Gasteiger partial charge in [-0.3, -0.25) is 14.2 Å². The second kappa shape index (κ2) is 15.1. The van der Waals surface area contributed by atoms with Crippen molar-refractivity contribution < 1.29 is 24.4 Å². The summed E-state index contributed by atoms with van der Waals surface area (Å²) in [7, 11) is 0.104. The van der Waals surface area contributed by atoms with Gasteiger partial charge < -0.3 is 25.4 Å². The van der Waals surface area contributed by atoms with Gasteiger partial charge in [-0.2, -0.15) is 0 Å². The fourth-order valence-corrected chi connectivity index (χ4v) is 6.40. The Hall–Kier alpha value is -4.97. The maximum atomic E-state index is 13.2. The fourth-order valence-electron chi connectivity index (χ4n) is 6.27. The van der Waals surface area contributed by atoms with Crippen LogP contribution in [0.4, 0.5) is 0 Å². The molecule has 1 aliphatic heterocycles. The van der Waals surface area contributed by atoms with E-state index in [4.69, 9.17) is 16.3 Å². The number of ether oxygens (including phenoxy) is 1. The first-order valence-electron chi connectivity index (χ1n) is 16.2. The molecule has 1 unspecified atom stereocenters. The molecule has 0 aliphatic carbocycles. The number of hydrogen-bond acceptors (Lipinski definition) is 7. The molecule has 5 aromatic rings. The topological polar surface area (TPSA) is 139 Å². The molecule has 250 valence electrons. The lowest BCUT2D eigenvalue weighted by atomic mass is 9.79.